The summed E-state index contributed by atoms with van der Waals surface area (Å²) in [5.74, 6) is 0.935. The monoisotopic (exact) mass is 259 g/mol. The number of benzene rings is 1. The standard InChI is InChI=1S/C10H10ClNOS2/c1-13-4-5-14-10-12-8-6-7(11)2-3-9(8)15-10/h2-3,6H,4-5H2,1H3. The molecule has 80 valence electrons. The smallest absolute Gasteiger partial charge is 0.151 e. The number of thiazole rings is 1. The van der Waals surface area contributed by atoms with Crippen LogP contribution in [0.2, 0.25) is 5.02 Å². The molecule has 0 amide bonds. The molecule has 1 heterocycles. The molecule has 1 aromatic heterocycles. The lowest BCUT2D eigenvalue weighted by Crippen LogP contribution is -1.90. The second kappa shape index (κ2) is 5.16. The lowest BCUT2D eigenvalue weighted by atomic mass is 10.3. The molecule has 0 saturated carbocycles. The number of hydrogen-bond acceptors (Lipinski definition) is 4. The summed E-state index contributed by atoms with van der Waals surface area (Å²) in [7, 11) is 1.71. The van der Waals surface area contributed by atoms with E-state index in [0.717, 1.165) is 27.2 Å². The third-order valence-corrected chi connectivity index (χ3v) is 4.22. The van der Waals surface area contributed by atoms with Crippen LogP contribution in [0.15, 0.2) is 22.5 Å². The van der Waals surface area contributed by atoms with Crippen molar-refractivity contribution in [3.05, 3.63) is 23.2 Å². The van der Waals surface area contributed by atoms with Gasteiger partial charge in [-0.25, -0.2) is 4.98 Å². The Bertz CT molecular complexity index is 458. The SMILES string of the molecule is COCCSc1nc2cc(Cl)ccc2s1. The molecule has 5 heteroatoms. The summed E-state index contributed by atoms with van der Waals surface area (Å²) in [5.41, 5.74) is 0.979. The summed E-state index contributed by atoms with van der Waals surface area (Å²) in [6.45, 7) is 0.751. The minimum Gasteiger partial charge on any atom is -0.384 e. The number of hydrogen-bond donors (Lipinski definition) is 0. The quantitative estimate of drug-likeness (QED) is 0.618. The van der Waals surface area contributed by atoms with Gasteiger partial charge in [-0.05, 0) is 18.2 Å². The van der Waals surface area contributed by atoms with Crippen LogP contribution in [0.1, 0.15) is 0 Å². The molecule has 0 radical (unpaired) electrons. The van der Waals surface area contributed by atoms with Crippen molar-refractivity contribution < 1.29 is 4.74 Å². The maximum Gasteiger partial charge on any atom is 0.151 e. The van der Waals surface area contributed by atoms with Crippen LogP contribution < -0.4 is 0 Å². The van der Waals surface area contributed by atoms with Crippen molar-refractivity contribution in [2.24, 2.45) is 0 Å². The highest BCUT2D eigenvalue weighted by molar-refractivity contribution is 8.01. The summed E-state index contributed by atoms with van der Waals surface area (Å²) in [4.78, 5) is 4.49. The number of halogens is 1. The first-order valence-electron chi connectivity index (χ1n) is 4.47. The van der Waals surface area contributed by atoms with E-state index in [4.69, 9.17) is 16.3 Å². The third-order valence-electron chi connectivity index (χ3n) is 1.84. The fourth-order valence-corrected chi connectivity index (χ4v) is 3.34. The largest absolute Gasteiger partial charge is 0.384 e. The summed E-state index contributed by atoms with van der Waals surface area (Å²) < 4.78 is 7.25. The van der Waals surface area contributed by atoms with Crippen molar-refractivity contribution in [2.75, 3.05) is 19.5 Å². The highest BCUT2D eigenvalue weighted by Gasteiger charge is 2.04. The van der Waals surface area contributed by atoms with Crippen LogP contribution in [0.25, 0.3) is 10.2 Å². The second-order valence-electron chi connectivity index (χ2n) is 2.93. The lowest BCUT2D eigenvalue weighted by Gasteiger charge is -1.94. The zero-order valence-electron chi connectivity index (χ0n) is 8.20. The van der Waals surface area contributed by atoms with Crippen molar-refractivity contribution in [2.45, 2.75) is 4.34 Å². The Labute approximate surface area is 102 Å². The van der Waals surface area contributed by atoms with E-state index < -0.39 is 0 Å². The number of ether oxygens (including phenoxy) is 1. The predicted molar refractivity (Wildman–Crippen MR) is 67.2 cm³/mol. The van der Waals surface area contributed by atoms with Gasteiger partial charge in [0.2, 0.25) is 0 Å². The molecule has 0 aliphatic carbocycles. The second-order valence-corrected chi connectivity index (χ2v) is 5.74. The molecular formula is C10H10ClNOS2. The Morgan fingerprint density at radius 2 is 2.40 bits per heavy atom. The first-order chi connectivity index (χ1) is 7.29. The molecule has 0 bridgehead atoms. The normalized spacial score (nSPS) is 11.1. The highest BCUT2D eigenvalue weighted by atomic mass is 35.5. The van der Waals surface area contributed by atoms with Crippen LogP contribution in [0.4, 0.5) is 0 Å². The molecule has 2 rings (SSSR count). The molecule has 0 N–H and O–H groups in total. The maximum atomic E-state index is 5.89. The van der Waals surface area contributed by atoms with Crippen LogP contribution in [-0.2, 0) is 4.74 Å². The van der Waals surface area contributed by atoms with Crippen molar-refractivity contribution in [1.29, 1.82) is 0 Å². The molecule has 0 fully saturated rings. The summed E-state index contributed by atoms with van der Waals surface area (Å²) in [6.07, 6.45) is 0. The van der Waals surface area contributed by atoms with E-state index in [1.807, 2.05) is 18.2 Å². The number of thioether (sulfide) groups is 1. The van der Waals surface area contributed by atoms with E-state index in [1.165, 1.54) is 4.70 Å². The van der Waals surface area contributed by atoms with E-state index in [9.17, 15) is 0 Å². The zero-order valence-corrected chi connectivity index (χ0v) is 10.6. The Hall–Kier alpha value is -0.290. The summed E-state index contributed by atoms with van der Waals surface area (Å²) >= 11 is 9.30. The minimum absolute atomic E-state index is 0.737. The van der Waals surface area contributed by atoms with Gasteiger partial charge in [0.05, 0.1) is 16.8 Å². The summed E-state index contributed by atoms with van der Waals surface area (Å²) in [6, 6.07) is 5.80. The van der Waals surface area contributed by atoms with Gasteiger partial charge < -0.3 is 4.74 Å². The Morgan fingerprint density at radius 3 is 3.20 bits per heavy atom. The average Bonchev–Trinajstić information content (AvgIpc) is 2.60. The third kappa shape index (κ3) is 2.84. The van der Waals surface area contributed by atoms with Crippen molar-refractivity contribution >= 4 is 44.9 Å². The number of rotatable bonds is 4. The number of nitrogens with zero attached hydrogens (tertiary/aromatic N) is 1. The van der Waals surface area contributed by atoms with E-state index >= 15 is 0 Å². The van der Waals surface area contributed by atoms with Gasteiger partial charge in [-0.15, -0.1) is 11.3 Å². The topological polar surface area (TPSA) is 22.1 Å². The molecule has 2 aromatic rings. The number of methoxy groups -OCH3 is 1. The molecule has 0 aliphatic heterocycles. The molecule has 1 aromatic carbocycles. The van der Waals surface area contributed by atoms with Gasteiger partial charge in [-0.2, -0.15) is 0 Å². The highest BCUT2D eigenvalue weighted by Crippen LogP contribution is 2.30. The van der Waals surface area contributed by atoms with Gasteiger partial charge in [0.15, 0.2) is 4.34 Å². The van der Waals surface area contributed by atoms with Gasteiger partial charge in [0.25, 0.3) is 0 Å². The number of fused-ring (bicyclic) bond motifs is 1. The fraction of sp³-hybridized carbons (Fsp3) is 0.300. The zero-order chi connectivity index (χ0) is 10.7. The van der Waals surface area contributed by atoms with Crippen molar-refractivity contribution in [3.63, 3.8) is 0 Å². The molecule has 0 saturated heterocycles. The lowest BCUT2D eigenvalue weighted by molar-refractivity contribution is 0.218. The van der Waals surface area contributed by atoms with E-state index in [-0.39, 0.29) is 0 Å². The van der Waals surface area contributed by atoms with Gasteiger partial charge in [-0.1, -0.05) is 23.4 Å². The van der Waals surface area contributed by atoms with E-state index in [1.54, 1.807) is 30.2 Å². The van der Waals surface area contributed by atoms with E-state index in [0.29, 0.717) is 0 Å². The molecular weight excluding hydrogens is 250 g/mol. The van der Waals surface area contributed by atoms with Crippen LogP contribution in [0.5, 0.6) is 0 Å². The molecule has 2 nitrogen and oxygen atoms in total. The molecule has 0 unspecified atom stereocenters. The van der Waals surface area contributed by atoms with Crippen molar-refractivity contribution in [3.8, 4) is 0 Å². The maximum absolute atomic E-state index is 5.89. The summed E-state index contributed by atoms with van der Waals surface area (Å²) in [5, 5.41) is 0.737. The molecule has 15 heavy (non-hydrogen) atoms. The van der Waals surface area contributed by atoms with Crippen LogP contribution >= 0.6 is 34.7 Å². The predicted octanol–water partition coefficient (Wildman–Crippen LogP) is 3.69. The van der Waals surface area contributed by atoms with Crippen molar-refractivity contribution in [1.82, 2.24) is 4.98 Å². The van der Waals surface area contributed by atoms with Gasteiger partial charge in [0, 0.05) is 17.9 Å². The van der Waals surface area contributed by atoms with Crippen LogP contribution in [0.3, 0.4) is 0 Å². The van der Waals surface area contributed by atoms with Gasteiger partial charge in [-0.3, -0.25) is 0 Å². The minimum atomic E-state index is 0.737. The molecule has 0 aliphatic rings. The van der Waals surface area contributed by atoms with E-state index in [2.05, 4.69) is 4.98 Å². The first-order valence-corrected chi connectivity index (χ1v) is 6.65. The fourth-order valence-electron chi connectivity index (χ4n) is 1.15. The molecule has 0 spiro atoms. The van der Waals surface area contributed by atoms with Crippen LogP contribution in [0, 0.1) is 0 Å². The Kier molecular flexibility index (Phi) is 3.86. The first kappa shape index (κ1) is 11.2. The van der Waals surface area contributed by atoms with Gasteiger partial charge >= 0.3 is 0 Å². The molecule has 0 atom stereocenters. The number of aromatic nitrogens is 1. The Balaban J connectivity index is 2.16. The Morgan fingerprint density at radius 1 is 1.53 bits per heavy atom. The average molecular weight is 260 g/mol. The van der Waals surface area contributed by atoms with Gasteiger partial charge in [0.1, 0.15) is 0 Å². The van der Waals surface area contributed by atoms with Crippen LogP contribution in [-0.4, -0.2) is 24.5 Å².